The van der Waals surface area contributed by atoms with E-state index in [1.54, 1.807) is 0 Å². The van der Waals surface area contributed by atoms with E-state index in [0.29, 0.717) is 24.4 Å². The van der Waals surface area contributed by atoms with Crippen molar-refractivity contribution in [3.8, 4) is 0 Å². The fourth-order valence-corrected chi connectivity index (χ4v) is 4.29. The molecule has 0 saturated heterocycles. The highest BCUT2D eigenvalue weighted by molar-refractivity contribution is 5.26. The minimum Gasteiger partial charge on any atom is -0.385 e. The van der Waals surface area contributed by atoms with E-state index < -0.39 is 17.2 Å². The maximum Gasteiger partial charge on any atom is 0.159 e. The third-order valence-electron chi connectivity index (χ3n) is 5.60. The second-order valence-corrected chi connectivity index (χ2v) is 7.84. The van der Waals surface area contributed by atoms with Crippen molar-refractivity contribution in [1.29, 1.82) is 0 Å². The SMILES string of the molecule is CN(C)CC1CC(Cc2ccccc2)CCC1(O)c1ccc(F)c(F)c1. The van der Waals surface area contributed by atoms with Gasteiger partial charge in [0.1, 0.15) is 0 Å². The normalized spacial score (nSPS) is 26.2. The molecule has 0 radical (unpaired) electrons. The molecule has 140 valence electrons. The molecule has 0 aromatic heterocycles. The Morgan fingerprint density at radius 1 is 1.08 bits per heavy atom. The van der Waals surface area contributed by atoms with Crippen molar-refractivity contribution in [3.63, 3.8) is 0 Å². The molecule has 2 aromatic rings. The third kappa shape index (κ3) is 4.13. The third-order valence-corrected chi connectivity index (χ3v) is 5.60. The second-order valence-electron chi connectivity index (χ2n) is 7.84. The van der Waals surface area contributed by atoms with Crippen molar-refractivity contribution >= 4 is 0 Å². The summed E-state index contributed by atoms with van der Waals surface area (Å²) < 4.78 is 27.1. The Hall–Kier alpha value is -1.78. The summed E-state index contributed by atoms with van der Waals surface area (Å²) in [6, 6.07) is 14.2. The maximum atomic E-state index is 13.8. The highest BCUT2D eigenvalue weighted by Gasteiger charge is 2.43. The van der Waals surface area contributed by atoms with E-state index in [1.807, 2.05) is 32.3 Å². The molecule has 0 aliphatic heterocycles. The van der Waals surface area contributed by atoms with Crippen molar-refractivity contribution in [3.05, 3.63) is 71.3 Å². The summed E-state index contributed by atoms with van der Waals surface area (Å²) in [4.78, 5) is 2.06. The van der Waals surface area contributed by atoms with Crippen molar-refractivity contribution in [2.75, 3.05) is 20.6 Å². The van der Waals surface area contributed by atoms with Gasteiger partial charge in [-0.25, -0.2) is 8.78 Å². The number of halogens is 2. The van der Waals surface area contributed by atoms with Gasteiger partial charge >= 0.3 is 0 Å². The molecule has 3 unspecified atom stereocenters. The van der Waals surface area contributed by atoms with E-state index in [-0.39, 0.29) is 5.92 Å². The van der Waals surface area contributed by atoms with Gasteiger partial charge < -0.3 is 10.0 Å². The molecule has 1 N–H and O–H groups in total. The standard InChI is InChI=1S/C22H27F2NO/c1-25(2)15-19-13-17(12-16-6-4-3-5-7-16)10-11-22(19,26)18-8-9-20(23)21(24)14-18/h3-9,14,17,19,26H,10-13,15H2,1-2H3. The monoisotopic (exact) mass is 359 g/mol. The van der Waals surface area contributed by atoms with Crippen molar-refractivity contribution in [2.45, 2.75) is 31.3 Å². The number of hydrogen-bond donors (Lipinski definition) is 1. The Balaban J connectivity index is 1.82. The zero-order chi connectivity index (χ0) is 18.7. The number of hydrogen-bond acceptors (Lipinski definition) is 2. The molecule has 0 amide bonds. The van der Waals surface area contributed by atoms with E-state index in [4.69, 9.17) is 0 Å². The molecule has 1 fully saturated rings. The fraction of sp³-hybridized carbons (Fsp3) is 0.455. The van der Waals surface area contributed by atoms with Gasteiger partial charge in [-0.2, -0.15) is 0 Å². The van der Waals surface area contributed by atoms with Crippen molar-refractivity contribution < 1.29 is 13.9 Å². The van der Waals surface area contributed by atoms with E-state index in [1.165, 1.54) is 11.6 Å². The number of rotatable bonds is 5. The maximum absolute atomic E-state index is 13.8. The van der Waals surface area contributed by atoms with Crippen LogP contribution >= 0.6 is 0 Å². The number of benzene rings is 2. The molecule has 26 heavy (non-hydrogen) atoms. The number of aliphatic hydroxyl groups is 1. The van der Waals surface area contributed by atoms with Gasteiger partial charge in [0.2, 0.25) is 0 Å². The molecule has 0 heterocycles. The van der Waals surface area contributed by atoms with E-state index in [9.17, 15) is 13.9 Å². The van der Waals surface area contributed by atoms with Gasteiger partial charge in [-0.05, 0) is 69.0 Å². The zero-order valence-corrected chi connectivity index (χ0v) is 15.5. The van der Waals surface area contributed by atoms with Crippen LogP contribution in [0.3, 0.4) is 0 Å². The molecule has 1 saturated carbocycles. The molecular weight excluding hydrogens is 332 g/mol. The average Bonchev–Trinajstić information content (AvgIpc) is 2.61. The molecule has 3 rings (SSSR count). The molecule has 1 aliphatic rings. The first-order valence-electron chi connectivity index (χ1n) is 9.25. The topological polar surface area (TPSA) is 23.5 Å². The van der Waals surface area contributed by atoms with Crippen LogP contribution < -0.4 is 0 Å². The van der Waals surface area contributed by atoms with Crippen LogP contribution in [-0.2, 0) is 12.0 Å². The van der Waals surface area contributed by atoms with Crippen LogP contribution in [0.2, 0.25) is 0 Å². The minimum atomic E-state index is -1.12. The summed E-state index contributed by atoms with van der Waals surface area (Å²) in [5, 5.41) is 11.4. The summed E-state index contributed by atoms with van der Waals surface area (Å²) in [5.41, 5.74) is 0.673. The van der Waals surface area contributed by atoms with Crippen LogP contribution in [-0.4, -0.2) is 30.6 Å². The van der Waals surface area contributed by atoms with Crippen LogP contribution in [0.5, 0.6) is 0 Å². The molecule has 4 heteroatoms. The lowest BCUT2D eigenvalue weighted by atomic mass is 9.66. The average molecular weight is 359 g/mol. The lowest BCUT2D eigenvalue weighted by Crippen LogP contribution is -2.45. The van der Waals surface area contributed by atoms with Gasteiger partial charge in [-0.15, -0.1) is 0 Å². The van der Waals surface area contributed by atoms with Crippen LogP contribution in [0.1, 0.15) is 30.4 Å². The van der Waals surface area contributed by atoms with Crippen LogP contribution in [0.4, 0.5) is 8.78 Å². The first-order valence-corrected chi connectivity index (χ1v) is 9.25. The van der Waals surface area contributed by atoms with Crippen LogP contribution in [0.15, 0.2) is 48.5 Å². The van der Waals surface area contributed by atoms with Crippen molar-refractivity contribution in [2.24, 2.45) is 11.8 Å². The Morgan fingerprint density at radius 3 is 2.46 bits per heavy atom. The highest BCUT2D eigenvalue weighted by atomic mass is 19.2. The fourth-order valence-electron chi connectivity index (χ4n) is 4.29. The van der Waals surface area contributed by atoms with E-state index in [0.717, 1.165) is 31.4 Å². The highest BCUT2D eigenvalue weighted by Crippen LogP contribution is 2.45. The first-order chi connectivity index (χ1) is 12.4. The van der Waals surface area contributed by atoms with E-state index in [2.05, 4.69) is 17.0 Å². The second kappa shape index (κ2) is 7.85. The molecule has 2 aromatic carbocycles. The predicted octanol–water partition coefficient (Wildman–Crippen LogP) is 4.37. The zero-order valence-electron chi connectivity index (χ0n) is 15.5. The lowest BCUT2D eigenvalue weighted by Gasteiger charge is -2.44. The van der Waals surface area contributed by atoms with Crippen LogP contribution in [0.25, 0.3) is 0 Å². The molecule has 0 bridgehead atoms. The minimum absolute atomic E-state index is 0.0233. The Labute approximate surface area is 154 Å². The van der Waals surface area contributed by atoms with Gasteiger partial charge in [0.05, 0.1) is 5.60 Å². The Kier molecular flexibility index (Phi) is 5.73. The van der Waals surface area contributed by atoms with Gasteiger partial charge in [0.15, 0.2) is 11.6 Å². The smallest absolute Gasteiger partial charge is 0.159 e. The lowest BCUT2D eigenvalue weighted by molar-refractivity contribution is -0.0754. The van der Waals surface area contributed by atoms with E-state index >= 15 is 0 Å². The molecule has 2 nitrogen and oxygen atoms in total. The van der Waals surface area contributed by atoms with Gasteiger partial charge in [-0.3, -0.25) is 0 Å². The molecule has 3 atom stereocenters. The summed E-state index contributed by atoms with van der Waals surface area (Å²) >= 11 is 0. The number of nitrogens with zero attached hydrogens (tertiary/aromatic N) is 1. The van der Waals surface area contributed by atoms with Gasteiger partial charge in [0.25, 0.3) is 0 Å². The summed E-state index contributed by atoms with van der Waals surface area (Å²) in [6.45, 7) is 0.709. The first kappa shape index (κ1) is 19.0. The predicted molar refractivity (Wildman–Crippen MR) is 99.8 cm³/mol. The van der Waals surface area contributed by atoms with Gasteiger partial charge in [-0.1, -0.05) is 36.4 Å². The molecule has 1 aliphatic carbocycles. The summed E-state index contributed by atoms with van der Waals surface area (Å²) in [5.74, 6) is -1.32. The molecular formula is C22H27F2NO. The van der Waals surface area contributed by atoms with Crippen molar-refractivity contribution in [1.82, 2.24) is 4.90 Å². The molecule has 0 spiro atoms. The Bertz CT molecular complexity index is 734. The quantitative estimate of drug-likeness (QED) is 0.857. The van der Waals surface area contributed by atoms with Crippen LogP contribution in [0, 0.1) is 23.5 Å². The Morgan fingerprint density at radius 2 is 1.81 bits per heavy atom. The summed E-state index contributed by atoms with van der Waals surface area (Å²) in [6.07, 6.45) is 3.28. The largest absolute Gasteiger partial charge is 0.385 e. The summed E-state index contributed by atoms with van der Waals surface area (Å²) in [7, 11) is 3.96. The van der Waals surface area contributed by atoms with Gasteiger partial charge in [0, 0.05) is 12.5 Å².